The standard InChI is InChI=1S/C27H29N3O5/c1-2-35-27(34)23(16-18-17-28-22-13-8-7-10-19(18)22)29-24(31)14-4-3-9-15-30-25(32)20-11-5-6-12-21(20)26(30)33/h5-8,10-13,17,23,28H,2-4,9,14-16H2,1H3,(H,29,31). The van der Waals surface area contributed by atoms with Crippen molar-refractivity contribution in [3.8, 4) is 0 Å². The van der Waals surface area contributed by atoms with Crippen molar-refractivity contribution in [2.24, 2.45) is 0 Å². The van der Waals surface area contributed by atoms with E-state index in [1.54, 1.807) is 31.2 Å². The van der Waals surface area contributed by atoms with Crippen LogP contribution in [0.2, 0.25) is 0 Å². The number of nitrogens with one attached hydrogen (secondary N) is 2. The number of carbonyl (C=O) groups excluding carboxylic acids is 4. The number of para-hydroxylation sites is 1. The maximum absolute atomic E-state index is 12.6. The lowest BCUT2D eigenvalue weighted by Crippen LogP contribution is -2.43. The fourth-order valence-electron chi connectivity index (χ4n) is 4.40. The first kappa shape index (κ1) is 24.2. The highest BCUT2D eigenvalue weighted by molar-refractivity contribution is 6.21. The summed E-state index contributed by atoms with van der Waals surface area (Å²) in [5, 5.41) is 3.82. The number of esters is 1. The lowest BCUT2D eigenvalue weighted by atomic mass is 10.0. The van der Waals surface area contributed by atoms with Gasteiger partial charge in [-0.25, -0.2) is 4.79 Å². The molecule has 4 rings (SSSR count). The second kappa shape index (κ2) is 11.0. The van der Waals surface area contributed by atoms with Gasteiger partial charge >= 0.3 is 5.97 Å². The van der Waals surface area contributed by atoms with E-state index < -0.39 is 12.0 Å². The smallest absolute Gasteiger partial charge is 0.328 e. The molecule has 0 spiro atoms. The summed E-state index contributed by atoms with van der Waals surface area (Å²) >= 11 is 0. The lowest BCUT2D eigenvalue weighted by molar-refractivity contribution is -0.147. The minimum Gasteiger partial charge on any atom is -0.464 e. The molecule has 3 amide bonds. The Morgan fingerprint density at radius 3 is 2.37 bits per heavy atom. The molecule has 1 aromatic heterocycles. The molecule has 0 aliphatic carbocycles. The molecule has 3 aromatic rings. The summed E-state index contributed by atoms with van der Waals surface area (Å²) in [5.41, 5.74) is 2.78. The summed E-state index contributed by atoms with van der Waals surface area (Å²) in [5.74, 6) is -1.23. The number of carbonyl (C=O) groups is 4. The van der Waals surface area contributed by atoms with Crippen LogP contribution in [0.3, 0.4) is 0 Å². The summed E-state index contributed by atoms with van der Waals surface area (Å²) < 4.78 is 5.18. The number of unbranched alkanes of at least 4 members (excludes halogenated alkanes) is 2. The van der Waals surface area contributed by atoms with Crippen molar-refractivity contribution in [1.82, 2.24) is 15.2 Å². The number of nitrogens with zero attached hydrogens (tertiary/aromatic N) is 1. The first-order chi connectivity index (χ1) is 17.0. The molecule has 0 saturated heterocycles. The monoisotopic (exact) mass is 475 g/mol. The summed E-state index contributed by atoms with van der Waals surface area (Å²) in [7, 11) is 0. The maximum Gasteiger partial charge on any atom is 0.328 e. The topological polar surface area (TPSA) is 109 Å². The second-order valence-electron chi connectivity index (χ2n) is 8.55. The fraction of sp³-hybridized carbons (Fsp3) is 0.333. The lowest BCUT2D eigenvalue weighted by Gasteiger charge is -2.17. The third-order valence-corrected chi connectivity index (χ3v) is 6.17. The predicted molar refractivity (Wildman–Crippen MR) is 131 cm³/mol. The third kappa shape index (κ3) is 5.42. The molecule has 35 heavy (non-hydrogen) atoms. The van der Waals surface area contributed by atoms with E-state index in [1.165, 1.54) is 4.90 Å². The number of rotatable bonds is 11. The second-order valence-corrected chi connectivity index (χ2v) is 8.55. The van der Waals surface area contributed by atoms with E-state index in [2.05, 4.69) is 10.3 Å². The third-order valence-electron chi connectivity index (χ3n) is 6.17. The predicted octanol–water partition coefficient (Wildman–Crippen LogP) is 3.61. The van der Waals surface area contributed by atoms with Gasteiger partial charge in [-0.2, -0.15) is 0 Å². The van der Waals surface area contributed by atoms with E-state index in [1.807, 2.05) is 30.5 Å². The van der Waals surface area contributed by atoms with Crippen LogP contribution in [0.5, 0.6) is 0 Å². The zero-order chi connectivity index (χ0) is 24.8. The molecular formula is C27H29N3O5. The zero-order valence-electron chi connectivity index (χ0n) is 19.7. The number of fused-ring (bicyclic) bond motifs is 2. The maximum atomic E-state index is 12.6. The number of aromatic amines is 1. The van der Waals surface area contributed by atoms with Gasteiger partial charge in [0.1, 0.15) is 6.04 Å². The van der Waals surface area contributed by atoms with Gasteiger partial charge in [-0.3, -0.25) is 19.3 Å². The van der Waals surface area contributed by atoms with Gasteiger partial charge < -0.3 is 15.0 Å². The molecule has 0 radical (unpaired) electrons. The average molecular weight is 476 g/mol. The van der Waals surface area contributed by atoms with E-state index in [0.29, 0.717) is 43.4 Å². The van der Waals surface area contributed by atoms with Crippen LogP contribution in [0.15, 0.2) is 54.7 Å². The van der Waals surface area contributed by atoms with Gasteiger partial charge in [0.2, 0.25) is 5.91 Å². The van der Waals surface area contributed by atoms with E-state index in [9.17, 15) is 19.2 Å². The number of hydrogen-bond donors (Lipinski definition) is 2. The largest absolute Gasteiger partial charge is 0.464 e. The Morgan fingerprint density at radius 2 is 1.66 bits per heavy atom. The molecule has 0 fully saturated rings. The van der Waals surface area contributed by atoms with Gasteiger partial charge in [-0.1, -0.05) is 36.8 Å². The van der Waals surface area contributed by atoms with Gasteiger partial charge in [0.05, 0.1) is 17.7 Å². The summed E-state index contributed by atoms with van der Waals surface area (Å²) in [4.78, 5) is 54.4. The van der Waals surface area contributed by atoms with Gasteiger partial charge in [0, 0.05) is 36.5 Å². The first-order valence-corrected chi connectivity index (χ1v) is 12.0. The van der Waals surface area contributed by atoms with Crippen molar-refractivity contribution in [3.63, 3.8) is 0 Å². The van der Waals surface area contributed by atoms with E-state index in [0.717, 1.165) is 16.5 Å². The molecule has 0 saturated carbocycles. The molecule has 182 valence electrons. The molecule has 1 aliphatic heterocycles. The minimum atomic E-state index is -0.778. The van der Waals surface area contributed by atoms with Crippen LogP contribution in [-0.2, 0) is 20.7 Å². The number of hydrogen-bond acceptors (Lipinski definition) is 5. The number of benzene rings is 2. The van der Waals surface area contributed by atoms with Crippen LogP contribution in [0.4, 0.5) is 0 Å². The molecule has 2 aromatic carbocycles. The first-order valence-electron chi connectivity index (χ1n) is 12.0. The fourth-order valence-corrected chi connectivity index (χ4v) is 4.40. The molecule has 2 heterocycles. The number of amides is 3. The molecule has 0 bridgehead atoms. The number of ether oxygens (including phenoxy) is 1. The highest BCUT2D eigenvalue weighted by Gasteiger charge is 2.34. The summed E-state index contributed by atoms with van der Waals surface area (Å²) in [6.45, 7) is 2.29. The van der Waals surface area contributed by atoms with Gasteiger partial charge in [-0.05, 0) is 43.5 Å². The number of imide groups is 1. The van der Waals surface area contributed by atoms with Crippen molar-refractivity contribution < 1.29 is 23.9 Å². The van der Waals surface area contributed by atoms with Crippen molar-refractivity contribution >= 4 is 34.6 Å². The van der Waals surface area contributed by atoms with Crippen LogP contribution >= 0.6 is 0 Å². The highest BCUT2D eigenvalue weighted by atomic mass is 16.5. The van der Waals surface area contributed by atoms with Crippen LogP contribution < -0.4 is 5.32 Å². The minimum absolute atomic E-state index is 0.233. The highest BCUT2D eigenvalue weighted by Crippen LogP contribution is 2.23. The Morgan fingerprint density at radius 1 is 0.971 bits per heavy atom. The van der Waals surface area contributed by atoms with Crippen LogP contribution in [0.25, 0.3) is 10.9 Å². The molecular weight excluding hydrogens is 446 g/mol. The van der Waals surface area contributed by atoms with E-state index in [4.69, 9.17) is 4.74 Å². The Labute approximate surface area is 203 Å². The molecule has 1 atom stereocenters. The molecule has 1 aliphatic rings. The molecule has 8 heteroatoms. The van der Waals surface area contributed by atoms with Crippen molar-refractivity contribution in [1.29, 1.82) is 0 Å². The van der Waals surface area contributed by atoms with Crippen LogP contribution in [0.1, 0.15) is 58.9 Å². The Kier molecular flexibility index (Phi) is 7.60. The molecule has 8 nitrogen and oxygen atoms in total. The SMILES string of the molecule is CCOC(=O)C(Cc1c[nH]c2ccccc12)NC(=O)CCCCCN1C(=O)c2ccccc2C1=O. The van der Waals surface area contributed by atoms with Gasteiger partial charge in [-0.15, -0.1) is 0 Å². The van der Waals surface area contributed by atoms with E-state index in [-0.39, 0.29) is 30.7 Å². The van der Waals surface area contributed by atoms with Crippen LogP contribution in [-0.4, -0.2) is 52.8 Å². The Hall–Kier alpha value is -3.94. The number of H-pyrrole nitrogens is 1. The van der Waals surface area contributed by atoms with Crippen molar-refractivity contribution in [2.45, 2.75) is 45.1 Å². The van der Waals surface area contributed by atoms with Gasteiger partial charge in [0.25, 0.3) is 11.8 Å². The van der Waals surface area contributed by atoms with Gasteiger partial charge in [0.15, 0.2) is 0 Å². The Balaban J connectivity index is 1.25. The Bertz CT molecular complexity index is 1210. The number of aromatic nitrogens is 1. The zero-order valence-corrected chi connectivity index (χ0v) is 19.7. The molecule has 1 unspecified atom stereocenters. The quantitative estimate of drug-likeness (QED) is 0.250. The van der Waals surface area contributed by atoms with Crippen LogP contribution in [0, 0.1) is 0 Å². The normalized spacial score (nSPS) is 13.7. The summed E-state index contributed by atoms with van der Waals surface area (Å²) in [6.07, 6.45) is 4.28. The van der Waals surface area contributed by atoms with Crippen molar-refractivity contribution in [3.05, 3.63) is 71.4 Å². The molecule has 2 N–H and O–H groups in total. The van der Waals surface area contributed by atoms with Crippen molar-refractivity contribution in [2.75, 3.05) is 13.2 Å². The summed E-state index contributed by atoms with van der Waals surface area (Å²) in [6, 6.07) is 13.8. The van der Waals surface area contributed by atoms with E-state index >= 15 is 0 Å². The average Bonchev–Trinajstić information content (AvgIpc) is 3.38.